The molecule has 15 heavy (non-hydrogen) atoms. The van der Waals surface area contributed by atoms with E-state index in [1.807, 2.05) is 0 Å². The molecule has 0 bridgehead atoms. The van der Waals surface area contributed by atoms with Crippen LogP contribution in [0.5, 0.6) is 0 Å². The molecule has 1 aromatic carbocycles. The van der Waals surface area contributed by atoms with Gasteiger partial charge in [-0.15, -0.1) is 0 Å². The van der Waals surface area contributed by atoms with E-state index in [1.165, 1.54) is 16.7 Å². The molecule has 0 aliphatic heterocycles. The van der Waals surface area contributed by atoms with Crippen molar-refractivity contribution in [3.8, 4) is 0 Å². The second-order valence-corrected chi connectivity index (χ2v) is 5.51. The van der Waals surface area contributed by atoms with Gasteiger partial charge in [0.05, 0.1) is 0 Å². The van der Waals surface area contributed by atoms with Gasteiger partial charge in [0.25, 0.3) is 0 Å². The average Bonchev–Trinajstić information content (AvgIpc) is 2.06. The molecule has 1 heteroatoms. The lowest BCUT2D eigenvalue weighted by molar-refractivity contribution is 0.515. The van der Waals surface area contributed by atoms with E-state index in [-0.39, 0.29) is 5.54 Å². The fourth-order valence-corrected chi connectivity index (χ4v) is 1.73. The van der Waals surface area contributed by atoms with Gasteiger partial charge in [0.15, 0.2) is 0 Å². The molecule has 0 atom stereocenters. The molecule has 1 nitrogen and oxygen atoms in total. The molecule has 0 heterocycles. The molecule has 0 aliphatic carbocycles. The summed E-state index contributed by atoms with van der Waals surface area (Å²) in [6, 6.07) is 6.72. The molecule has 2 N–H and O–H groups in total. The second-order valence-electron chi connectivity index (χ2n) is 5.51. The van der Waals surface area contributed by atoms with Crippen LogP contribution in [0.15, 0.2) is 18.2 Å². The Morgan fingerprint density at radius 1 is 1.27 bits per heavy atom. The Labute approximate surface area is 93.7 Å². The molecule has 0 amide bonds. The summed E-state index contributed by atoms with van der Waals surface area (Å²) in [7, 11) is 0. The minimum atomic E-state index is -0.125. The number of hydrogen-bond donors (Lipinski definition) is 1. The van der Waals surface area contributed by atoms with Crippen LogP contribution >= 0.6 is 0 Å². The van der Waals surface area contributed by atoms with E-state index in [0.29, 0.717) is 5.92 Å². The Bertz CT molecular complexity index is 332. The van der Waals surface area contributed by atoms with E-state index in [9.17, 15) is 0 Å². The number of hydrogen-bond acceptors (Lipinski definition) is 1. The monoisotopic (exact) mass is 205 g/mol. The second kappa shape index (κ2) is 4.36. The molecule has 0 saturated carbocycles. The van der Waals surface area contributed by atoms with Crippen LogP contribution in [0.4, 0.5) is 0 Å². The fraction of sp³-hybridized carbons (Fsp3) is 0.571. The summed E-state index contributed by atoms with van der Waals surface area (Å²) in [5.74, 6) is 0.588. The Morgan fingerprint density at radius 2 is 1.87 bits per heavy atom. The van der Waals surface area contributed by atoms with Gasteiger partial charge < -0.3 is 5.73 Å². The normalized spacial score (nSPS) is 12.2. The van der Waals surface area contributed by atoms with Crippen molar-refractivity contribution in [3.63, 3.8) is 0 Å². The van der Waals surface area contributed by atoms with E-state index in [1.54, 1.807) is 0 Å². The van der Waals surface area contributed by atoms with Crippen LogP contribution < -0.4 is 5.73 Å². The molecule has 0 radical (unpaired) electrons. The van der Waals surface area contributed by atoms with Crippen molar-refractivity contribution in [1.82, 2.24) is 0 Å². The Balaban J connectivity index is 3.01. The summed E-state index contributed by atoms with van der Waals surface area (Å²) in [6.45, 7) is 10.8. The summed E-state index contributed by atoms with van der Waals surface area (Å²) in [5.41, 5.74) is 10.1. The van der Waals surface area contributed by atoms with Crippen molar-refractivity contribution in [2.24, 2.45) is 5.73 Å². The van der Waals surface area contributed by atoms with Crippen molar-refractivity contribution in [2.45, 2.75) is 52.5 Å². The van der Waals surface area contributed by atoms with Gasteiger partial charge in [-0.25, -0.2) is 0 Å². The van der Waals surface area contributed by atoms with Gasteiger partial charge in [0.1, 0.15) is 0 Å². The van der Waals surface area contributed by atoms with Crippen LogP contribution in [0.3, 0.4) is 0 Å². The molecule has 0 fully saturated rings. The van der Waals surface area contributed by atoms with Crippen molar-refractivity contribution in [2.75, 3.05) is 0 Å². The molecule has 1 rings (SSSR count). The summed E-state index contributed by atoms with van der Waals surface area (Å²) in [5, 5.41) is 0. The van der Waals surface area contributed by atoms with Gasteiger partial charge in [-0.3, -0.25) is 0 Å². The van der Waals surface area contributed by atoms with Crippen LogP contribution in [0.25, 0.3) is 0 Å². The summed E-state index contributed by atoms with van der Waals surface area (Å²) >= 11 is 0. The van der Waals surface area contributed by atoms with E-state index < -0.39 is 0 Å². The first-order valence-electron chi connectivity index (χ1n) is 5.68. The van der Waals surface area contributed by atoms with Crippen molar-refractivity contribution < 1.29 is 0 Å². The first-order valence-corrected chi connectivity index (χ1v) is 5.68. The van der Waals surface area contributed by atoms with E-state index in [2.05, 4.69) is 52.8 Å². The maximum absolute atomic E-state index is 6.06. The van der Waals surface area contributed by atoms with Gasteiger partial charge in [-0.05, 0) is 49.8 Å². The topological polar surface area (TPSA) is 26.0 Å². The summed E-state index contributed by atoms with van der Waals surface area (Å²) in [4.78, 5) is 0. The highest BCUT2D eigenvalue weighted by molar-refractivity contribution is 5.33. The van der Waals surface area contributed by atoms with Crippen molar-refractivity contribution in [3.05, 3.63) is 34.9 Å². The van der Waals surface area contributed by atoms with E-state index in [0.717, 1.165) is 6.42 Å². The largest absolute Gasteiger partial charge is 0.325 e. The zero-order chi connectivity index (χ0) is 11.6. The van der Waals surface area contributed by atoms with Crippen LogP contribution in [0.1, 0.15) is 50.3 Å². The van der Waals surface area contributed by atoms with Crippen LogP contribution in [-0.4, -0.2) is 5.54 Å². The highest BCUT2D eigenvalue weighted by Crippen LogP contribution is 2.21. The number of rotatable bonds is 3. The zero-order valence-electron chi connectivity index (χ0n) is 10.6. The van der Waals surface area contributed by atoms with Crippen molar-refractivity contribution >= 4 is 0 Å². The molecule has 0 saturated heterocycles. The summed E-state index contributed by atoms with van der Waals surface area (Å²) in [6.07, 6.45) is 0.944. The van der Waals surface area contributed by atoms with Crippen LogP contribution in [-0.2, 0) is 6.42 Å². The number of benzene rings is 1. The molecule has 0 aromatic heterocycles. The van der Waals surface area contributed by atoms with Crippen molar-refractivity contribution in [1.29, 1.82) is 0 Å². The molecule has 84 valence electrons. The predicted molar refractivity (Wildman–Crippen MR) is 67.2 cm³/mol. The predicted octanol–water partition coefficient (Wildman–Crippen LogP) is 3.40. The Morgan fingerprint density at radius 3 is 2.33 bits per heavy atom. The third-order valence-corrected chi connectivity index (χ3v) is 2.69. The van der Waals surface area contributed by atoms with Gasteiger partial charge in [0.2, 0.25) is 0 Å². The molecule has 0 aliphatic rings. The number of aryl methyl sites for hydroxylation is 1. The highest BCUT2D eigenvalue weighted by Gasteiger charge is 2.14. The van der Waals surface area contributed by atoms with Gasteiger partial charge >= 0.3 is 0 Å². The lowest BCUT2D eigenvalue weighted by atomic mass is 9.90. The molecular weight excluding hydrogens is 182 g/mol. The maximum Gasteiger partial charge on any atom is 0.0138 e. The SMILES string of the molecule is Cc1ccc(C(C)C)cc1CC(C)(C)N. The van der Waals surface area contributed by atoms with Crippen LogP contribution in [0, 0.1) is 6.92 Å². The van der Waals surface area contributed by atoms with Gasteiger partial charge in [0, 0.05) is 5.54 Å². The quantitative estimate of drug-likeness (QED) is 0.804. The fourth-order valence-electron chi connectivity index (χ4n) is 1.73. The first kappa shape index (κ1) is 12.3. The minimum Gasteiger partial charge on any atom is -0.325 e. The lowest BCUT2D eigenvalue weighted by Crippen LogP contribution is -2.34. The highest BCUT2D eigenvalue weighted by atomic mass is 14.7. The molecular formula is C14H23N. The third kappa shape index (κ3) is 3.67. The van der Waals surface area contributed by atoms with E-state index in [4.69, 9.17) is 5.73 Å². The smallest absolute Gasteiger partial charge is 0.0138 e. The average molecular weight is 205 g/mol. The molecule has 1 aromatic rings. The lowest BCUT2D eigenvalue weighted by Gasteiger charge is -2.21. The third-order valence-electron chi connectivity index (χ3n) is 2.69. The minimum absolute atomic E-state index is 0.125. The Hall–Kier alpha value is -0.820. The number of nitrogens with two attached hydrogens (primary N) is 1. The van der Waals surface area contributed by atoms with Gasteiger partial charge in [-0.1, -0.05) is 32.0 Å². The molecule has 0 unspecified atom stereocenters. The standard InChI is InChI=1S/C14H23N/c1-10(2)12-7-6-11(3)13(8-12)9-14(4,5)15/h6-8,10H,9,15H2,1-5H3. The Kier molecular flexibility index (Phi) is 3.56. The van der Waals surface area contributed by atoms with E-state index >= 15 is 0 Å². The molecule has 0 spiro atoms. The zero-order valence-corrected chi connectivity index (χ0v) is 10.6. The maximum atomic E-state index is 6.06. The van der Waals surface area contributed by atoms with Gasteiger partial charge in [-0.2, -0.15) is 0 Å². The first-order chi connectivity index (χ1) is 6.79. The summed E-state index contributed by atoms with van der Waals surface area (Å²) < 4.78 is 0. The van der Waals surface area contributed by atoms with Crippen LogP contribution in [0.2, 0.25) is 0 Å².